The maximum Gasteiger partial charge on any atom is 0.323 e. The van der Waals surface area contributed by atoms with E-state index in [0.29, 0.717) is 5.82 Å². The second-order valence-corrected chi connectivity index (χ2v) is 3.93. The molecule has 18 heavy (non-hydrogen) atoms. The number of aromatic nitrogens is 2. The van der Waals surface area contributed by atoms with Crippen molar-refractivity contribution in [2.24, 2.45) is 0 Å². The Labute approximate surface area is 105 Å². The zero-order valence-electron chi connectivity index (χ0n) is 10.3. The zero-order chi connectivity index (χ0) is 13.1. The van der Waals surface area contributed by atoms with Crippen LogP contribution in [-0.2, 0) is 11.3 Å². The van der Waals surface area contributed by atoms with E-state index < -0.39 is 5.97 Å². The van der Waals surface area contributed by atoms with Crippen molar-refractivity contribution < 1.29 is 14.6 Å². The van der Waals surface area contributed by atoms with Crippen LogP contribution >= 0.6 is 0 Å². The summed E-state index contributed by atoms with van der Waals surface area (Å²) in [6, 6.07) is 7.51. The smallest absolute Gasteiger partial charge is 0.323 e. The molecular weight excluding hydrogens is 232 g/mol. The van der Waals surface area contributed by atoms with Crippen LogP contribution in [0.1, 0.15) is 5.82 Å². The Balaban J connectivity index is 2.35. The van der Waals surface area contributed by atoms with Gasteiger partial charge in [0.1, 0.15) is 18.1 Å². The molecule has 0 radical (unpaired) electrons. The molecule has 5 nitrogen and oxygen atoms in total. The van der Waals surface area contributed by atoms with E-state index in [2.05, 4.69) is 4.98 Å². The Kier molecular flexibility index (Phi) is 3.32. The first-order valence-corrected chi connectivity index (χ1v) is 5.50. The third-order valence-corrected chi connectivity index (χ3v) is 2.65. The number of carbonyl (C=O) groups is 1. The Morgan fingerprint density at radius 1 is 1.50 bits per heavy atom. The van der Waals surface area contributed by atoms with Gasteiger partial charge in [0.05, 0.1) is 12.8 Å². The first-order valence-electron chi connectivity index (χ1n) is 5.50. The summed E-state index contributed by atoms with van der Waals surface area (Å²) in [7, 11) is 1.60. The normalized spacial score (nSPS) is 10.3. The standard InChI is InChI=1S/C13H14N2O3/c1-9-14-12(7-15(9)8-13(16)17)10-4-3-5-11(6-10)18-2/h3-7H,8H2,1-2H3,(H,16,17). The monoisotopic (exact) mass is 246 g/mol. The summed E-state index contributed by atoms with van der Waals surface area (Å²) in [6.45, 7) is 1.70. The molecule has 0 atom stereocenters. The molecule has 0 saturated heterocycles. The second kappa shape index (κ2) is 4.91. The lowest BCUT2D eigenvalue weighted by Gasteiger charge is -2.01. The van der Waals surface area contributed by atoms with Gasteiger partial charge in [-0.05, 0) is 19.1 Å². The van der Waals surface area contributed by atoms with Crippen molar-refractivity contribution in [2.75, 3.05) is 7.11 Å². The van der Waals surface area contributed by atoms with E-state index in [1.165, 1.54) is 0 Å². The molecule has 94 valence electrons. The van der Waals surface area contributed by atoms with E-state index in [-0.39, 0.29) is 6.54 Å². The number of aliphatic carboxylic acids is 1. The minimum atomic E-state index is -0.882. The summed E-state index contributed by atoms with van der Waals surface area (Å²) in [6.07, 6.45) is 1.73. The van der Waals surface area contributed by atoms with Gasteiger partial charge in [0.25, 0.3) is 0 Å². The van der Waals surface area contributed by atoms with E-state index in [9.17, 15) is 4.79 Å². The van der Waals surface area contributed by atoms with Gasteiger partial charge in [0.2, 0.25) is 0 Å². The molecule has 0 unspecified atom stereocenters. The van der Waals surface area contributed by atoms with Crippen molar-refractivity contribution in [3.05, 3.63) is 36.3 Å². The van der Waals surface area contributed by atoms with Gasteiger partial charge in [-0.3, -0.25) is 4.79 Å². The zero-order valence-corrected chi connectivity index (χ0v) is 10.3. The summed E-state index contributed by atoms with van der Waals surface area (Å²) in [4.78, 5) is 15.1. The van der Waals surface area contributed by atoms with Crippen LogP contribution in [0.5, 0.6) is 5.75 Å². The van der Waals surface area contributed by atoms with Crippen molar-refractivity contribution in [1.29, 1.82) is 0 Å². The SMILES string of the molecule is COc1cccc(-c2cn(CC(=O)O)c(C)n2)c1. The third-order valence-electron chi connectivity index (χ3n) is 2.65. The van der Waals surface area contributed by atoms with Crippen LogP contribution < -0.4 is 4.74 Å². The molecule has 0 aliphatic heterocycles. The molecule has 1 N–H and O–H groups in total. The number of carboxylic acids is 1. The highest BCUT2D eigenvalue weighted by molar-refractivity contribution is 5.67. The molecule has 1 heterocycles. The number of hydrogen-bond donors (Lipinski definition) is 1. The topological polar surface area (TPSA) is 64.3 Å². The maximum absolute atomic E-state index is 10.7. The number of imidazole rings is 1. The molecule has 1 aromatic carbocycles. The van der Waals surface area contributed by atoms with E-state index in [0.717, 1.165) is 17.0 Å². The van der Waals surface area contributed by atoms with E-state index >= 15 is 0 Å². The summed E-state index contributed by atoms with van der Waals surface area (Å²) in [5, 5.41) is 8.78. The van der Waals surface area contributed by atoms with Crippen molar-refractivity contribution in [2.45, 2.75) is 13.5 Å². The Bertz CT molecular complexity index is 575. The molecule has 0 aliphatic carbocycles. The summed E-state index contributed by atoms with van der Waals surface area (Å²) >= 11 is 0. The van der Waals surface area contributed by atoms with Crippen LogP contribution in [0.2, 0.25) is 0 Å². The number of nitrogens with zero attached hydrogens (tertiary/aromatic N) is 2. The number of rotatable bonds is 4. The highest BCUT2D eigenvalue weighted by Gasteiger charge is 2.09. The molecular formula is C13H14N2O3. The predicted octanol–water partition coefficient (Wildman–Crippen LogP) is 1.95. The lowest BCUT2D eigenvalue weighted by atomic mass is 10.1. The minimum Gasteiger partial charge on any atom is -0.497 e. The first kappa shape index (κ1) is 12.2. The fourth-order valence-electron chi connectivity index (χ4n) is 1.74. The van der Waals surface area contributed by atoms with Crippen LogP contribution in [0.4, 0.5) is 0 Å². The molecule has 0 amide bonds. The van der Waals surface area contributed by atoms with Gasteiger partial charge in [0.15, 0.2) is 0 Å². The average Bonchev–Trinajstić information content (AvgIpc) is 2.70. The van der Waals surface area contributed by atoms with Crippen LogP contribution in [-0.4, -0.2) is 27.7 Å². The van der Waals surface area contributed by atoms with Crippen LogP contribution in [0, 0.1) is 6.92 Å². The van der Waals surface area contributed by atoms with Crippen molar-refractivity contribution >= 4 is 5.97 Å². The molecule has 2 rings (SSSR count). The summed E-state index contributed by atoms with van der Waals surface area (Å²) < 4.78 is 6.76. The van der Waals surface area contributed by atoms with Crippen molar-refractivity contribution in [3.63, 3.8) is 0 Å². The molecule has 2 aromatic rings. The number of ether oxygens (including phenoxy) is 1. The van der Waals surface area contributed by atoms with Gasteiger partial charge in [-0.2, -0.15) is 0 Å². The quantitative estimate of drug-likeness (QED) is 0.895. The van der Waals surface area contributed by atoms with Gasteiger partial charge in [-0.15, -0.1) is 0 Å². The summed E-state index contributed by atoms with van der Waals surface area (Å²) in [5.74, 6) is 0.542. The number of carboxylic acid groups (broad SMARTS) is 1. The minimum absolute atomic E-state index is 0.0806. The number of hydrogen-bond acceptors (Lipinski definition) is 3. The number of aryl methyl sites for hydroxylation is 1. The largest absolute Gasteiger partial charge is 0.497 e. The fraction of sp³-hybridized carbons (Fsp3) is 0.231. The fourth-order valence-corrected chi connectivity index (χ4v) is 1.74. The lowest BCUT2D eigenvalue weighted by Crippen LogP contribution is -2.08. The lowest BCUT2D eigenvalue weighted by molar-refractivity contribution is -0.137. The van der Waals surface area contributed by atoms with E-state index in [1.807, 2.05) is 24.3 Å². The van der Waals surface area contributed by atoms with Crippen molar-refractivity contribution in [1.82, 2.24) is 9.55 Å². The Hall–Kier alpha value is -2.30. The Morgan fingerprint density at radius 2 is 2.28 bits per heavy atom. The average molecular weight is 246 g/mol. The van der Waals surface area contributed by atoms with Crippen LogP contribution in [0.15, 0.2) is 30.5 Å². The van der Waals surface area contributed by atoms with Gasteiger partial charge in [-0.25, -0.2) is 4.98 Å². The highest BCUT2D eigenvalue weighted by Crippen LogP contribution is 2.23. The van der Waals surface area contributed by atoms with Crippen LogP contribution in [0.25, 0.3) is 11.3 Å². The van der Waals surface area contributed by atoms with E-state index in [4.69, 9.17) is 9.84 Å². The van der Waals surface area contributed by atoms with Gasteiger partial charge < -0.3 is 14.4 Å². The van der Waals surface area contributed by atoms with Crippen molar-refractivity contribution in [3.8, 4) is 17.0 Å². The number of methoxy groups -OCH3 is 1. The third kappa shape index (κ3) is 2.51. The van der Waals surface area contributed by atoms with Gasteiger partial charge in [-0.1, -0.05) is 12.1 Å². The molecule has 5 heteroatoms. The van der Waals surface area contributed by atoms with Crippen LogP contribution in [0.3, 0.4) is 0 Å². The molecule has 0 fully saturated rings. The predicted molar refractivity (Wildman–Crippen MR) is 66.6 cm³/mol. The second-order valence-electron chi connectivity index (χ2n) is 3.93. The highest BCUT2D eigenvalue weighted by atomic mass is 16.5. The molecule has 0 bridgehead atoms. The summed E-state index contributed by atoms with van der Waals surface area (Å²) in [5.41, 5.74) is 1.65. The first-order chi connectivity index (χ1) is 8.60. The molecule has 0 aliphatic rings. The van der Waals surface area contributed by atoms with Gasteiger partial charge in [0, 0.05) is 11.8 Å². The maximum atomic E-state index is 10.7. The van der Waals surface area contributed by atoms with E-state index in [1.54, 1.807) is 24.8 Å². The Morgan fingerprint density at radius 3 is 2.94 bits per heavy atom. The van der Waals surface area contributed by atoms with Gasteiger partial charge >= 0.3 is 5.97 Å². The number of benzene rings is 1. The molecule has 0 saturated carbocycles. The molecule has 0 spiro atoms. The molecule has 1 aromatic heterocycles.